The molecule has 0 spiro atoms. The fraction of sp³-hybridized carbons (Fsp3) is 0.0909. The second-order valence-corrected chi connectivity index (χ2v) is 4.19. The van der Waals surface area contributed by atoms with Crippen LogP contribution in [0.5, 0.6) is 0 Å². The van der Waals surface area contributed by atoms with E-state index in [0.717, 1.165) is 5.56 Å². The largest absolute Gasteiger partial charge is 0.357 e. The van der Waals surface area contributed by atoms with Gasteiger partial charge in [0.25, 0.3) is 0 Å². The fourth-order valence-corrected chi connectivity index (χ4v) is 1.98. The van der Waals surface area contributed by atoms with Crippen molar-refractivity contribution in [1.82, 2.24) is 0 Å². The Hall–Kier alpha value is -1.60. The van der Waals surface area contributed by atoms with Crippen molar-refractivity contribution >= 4 is 28.3 Å². The van der Waals surface area contributed by atoms with E-state index in [1.54, 1.807) is 25.1 Å². The quantitative estimate of drug-likeness (QED) is 0.671. The van der Waals surface area contributed by atoms with Crippen LogP contribution in [0.1, 0.15) is 5.56 Å². The van der Waals surface area contributed by atoms with E-state index in [1.165, 1.54) is 12.3 Å². The maximum atomic E-state index is 13.5. The Bertz CT molecular complexity index is 484. The third-order valence-corrected chi connectivity index (χ3v) is 2.64. The summed E-state index contributed by atoms with van der Waals surface area (Å²) in [5, 5.41) is 19.6. The third kappa shape index (κ3) is 2.94. The van der Waals surface area contributed by atoms with Crippen molar-refractivity contribution in [2.45, 2.75) is 6.92 Å². The van der Waals surface area contributed by atoms with Crippen LogP contribution in [0, 0.1) is 39.0 Å². The molecular formula is C11H7FIN3. The number of rotatable bonds is 2. The summed E-state index contributed by atoms with van der Waals surface area (Å²) in [5.41, 5.74) is 0.988. The first kappa shape index (κ1) is 12.5. The highest BCUT2D eigenvalue weighted by molar-refractivity contribution is 14.1. The van der Waals surface area contributed by atoms with Gasteiger partial charge in [0.05, 0.1) is 5.69 Å². The van der Waals surface area contributed by atoms with Crippen LogP contribution in [0.3, 0.4) is 0 Å². The van der Waals surface area contributed by atoms with Gasteiger partial charge in [0.15, 0.2) is 0 Å². The van der Waals surface area contributed by atoms with Crippen LogP contribution in [-0.2, 0) is 0 Å². The third-order valence-electron chi connectivity index (χ3n) is 1.79. The molecular weight excluding hydrogens is 320 g/mol. The monoisotopic (exact) mass is 327 g/mol. The van der Waals surface area contributed by atoms with Gasteiger partial charge in [-0.15, -0.1) is 0 Å². The maximum Gasteiger partial charge on any atom is 0.147 e. The second-order valence-electron chi connectivity index (χ2n) is 3.03. The van der Waals surface area contributed by atoms with Crippen molar-refractivity contribution in [2.24, 2.45) is 0 Å². The number of allylic oxidation sites excluding steroid dienone is 1. The minimum Gasteiger partial charge on any atom is -0.357 e. The Morgan fingerprint density at radius 2 is 2.06 bits per heavy atom. The molecule has 1 aromatic carbocycles. The Kier molecular flexibility index (Phi) is 4.27. The first-order valence-electron chi connectivity index (χ1n) is 4.31. The average molecular weight is 327 g/mol. The minimum atomic E-state index is -0.407. The molecule has 0 aromatic heterocycles. The lowest BCUT2D eigenvalue weighted by Crippen LogP contribution is -1.97. The number of nitrogens with zero attached hydrogens (tertiary/aromatic N) is 2. The standard InChI is InChI=1S/C11H7FIN3/c1-7-2-9(12)11(10(13)3-7)16-6-8(4-14)5-15/h2-3,6,16H,1H3. The number of hydrogen-bond donors (Lipinski definition) is 1. The van der Waals surface area contributed by atoms with Gasteiger partial charge in [0, 0.05) is 9.77 Å². The molecule has 16 heavy (non-hydrogen) atoms. The molecule has 0 saturated heterocycles. The van der Waals surface area contributed by atoms with Gasteiger partial charge < -0.3 is 5.32 Å². The number of nitrogens with one attached hydrogen (secondary N) is 1. The predicted octanol–water partition coefficient (Wildman–Crippen LogP) is 3.08. The molecule has 0 radical (unpaired) electrons. The Labute approximate surface area is 106 Å². The van der Waals surface area contributed by atoms with Gasteiger partial charge in [-0.25, -0.2) is 4.39 Å². The summed E-state index contributed by atoms with van der Waals surface area (Å²) in [6.45, 7) is 1.79. The Morgan fingerprint density at radius 1 is 1.44 bits per heavy atom. The topological polar surface area (TPSA) is 59.6 Å². The molecule has 0 amide bonds. The molecule has 0 unspecified atom stereocenters. The summed E-state index contributed by atoms with van der Waals surface area (Å²) in [6, 6.07) is 6.56. The Morgan fingerprint density at radius 3 is 2.56 bits per heavy atom. The van der Waals surface area contributed by atoms with Crippen LogP contribution in [-0.4, -0.2) is 0 Å². The van der Waals surface area contributed by atoms with E-state index in [9.17, 15) is 4.39 Å². The zero-order chi connectivity index (χ0) is 12.1. The van der Waals surface area contributed by atoms with Crippen molar-refractivity contribution in [3.8, 4) is 12.1 Å². The van der Waals surface area contributed by atoms with Crippen molar-refractivity contribution in [3.05, 3.63) is 38.9 Å². The fourth-order valence-electron chi connectivity index (χ4n) is 1.07. The van der Waals surface area contributed by atoms with Gasteiger partial charge in [-0.2, -0.15) is 10.5 Å². The van der Waals surface area contributed by atoms with Crippen molar-refractivity contribution < 1.29 is 4.39 Å². The van der Waals surface area contributed by atoms with Crippen molar-refractivity contribution in [2.75, 3.05) is 5.32 Å². The van der Waals surface area contributed by atoms with E-state index in [0.29, 0.717) is 3.57 Å². The van der Waals surface area contributed by atoms with E-state index in [2.05, 4.69) is 5.32 Å². The molecule has 80 valence electrons. The number of anilines is 1. The zero-order valence-corrected chi connectivity index (χ0v) is 10.5. The van der Waals surface area contributed by atoms with Crippen LogP contribution in [0.15, 0.2) is 23.9 Å². The van der Waals surface area contributed by atoms with Crippen molar-refractivity contribution in [1.29, 1.82) is 10.5 Å². The number of benzene rings is 1. The highest BCUT2D eigenvalue weighted by atomic mass is 127. The molecule has 1 aromatic rings. The normalized spacial score (nSPS) is 8.81. The first-order chi connectivity index (χ1) is 7.58. The molecule has 0 aliphatic rings. The lowest BCUT2D eigenvalue weighted by Gasteiger charge is -2.06. The van der Waals surface area contributed by atoms with Gasteiger partial charge in [0.1, 0.15) is 23.5 Å². The van der Waals surface area contributed by atoms with Crippen LogP contribution < -0.4 is 5.32 Å². The van der Waals surface area contributed by atoms with Crippen molar-refractivity contribution in [3.63, 3.8) is 0 Å². The summed E-state index contributed by atoms with van der Waals surface area (Å²) < 4.78 is 14.2. The molecule has 0 heterocycles. The number of hydrogen-bond acceptors (Lipinski definition) is 3. The van der Waals surface area contributed by atoms with Gasteiger partial charge in [-0.05, 0) is 47.2 Å². The SMILES string of the molecule is Cc1cc(F)c(NC=C(C#N)C#N)c(I)c1. The van der Waals surface area contributed by atoms with Gasteiger partial charge in [0.2, 0.25) is 0 Å². The lowest BCUT2D eigenvalue weighted by atomic mass is 10.2. The average Bonchev–Trinajstić information content (AvgIpc) is 2.22. The highest BCUT2D eigenvalue weighted by Crippen LogP contribution is 2.23. The van der Waals surface area contributed by atoms with E-state index >= 15 is 0 Å². The molecule has 3 nitrogen and oxygen atoms in total. The molecule has 0 aliphatic carbocycles. The highest BCUT2D eigenvalue weighted by Gasteiger charge is 2.06. The van der Waals surface area contributed by atoms with E-state index < -0.39 is 5.82 Å². The lowest BCUT2D eigenvalue weighted by molar-refractivity contribution is 0.629. The van der Waals surface area contributed by atoms with Gasteiger partial charge in [-0.3, -0.25) is 0 Å². The molecule has 0 saturated carbocycles. The first-order valence-corrected chi connectivity index (χ1v) is 5.39. The molecule has 1 N–H and O–H groups in total. The summed E-state index contributed by atoms with van der Waals surface area (Å²) >= 11 is 1.98. The molecule has 0 fully saturated rings. The Balaban J connectivity index is 3.05. The second kappa shape index (κ2) is 5.47. The van der Waals surface area contributed by atoms with Crippen LogP contribution >= 0.6 is 22.6 Å². The predicted molar refractivity (Wildman–Crippen MR) is 66.8 cm³/mol. The van der Waals surface area contributed by atoms with E-state index in [-0.39, 0.29) is 11.3 Å². The van der Waals surface area contributed by atoms with Crippen LogP contribution in [0.4, 0.5) is 10.1 Å². The van der Waals surface area contributed by atoms with Gasteiger partial charge in [-0.1, -0.05) is 0 Å². The van der Waals surface area contributed by atoms with E-state index in [4.69, 9.17) is 10.5 Å². The molecule has 1 rings (SSSR count). The zero-order valence-electron chi connectivity index (χ0n) is 8.38. The minimum absolute atomic E-state index is 0.101. The molecule has 0 atom stereocenters. The summed E-state index contributed by atoms with van der Waals surface area (Å²) in [4.78, 5) is 0. The van der Waals surface area contributed by atoms with Crippen LogP contribution in [0.2, 0.25) is 0 Å². The number of nitriles is 2. The van der Waals surface area contributed by atoms with Crippen LogP contribution in [0.25, 0.3) is 0 Å². The number of aryl methyl sites for hydroxylation is 1. The summed E-state index contributed by atoms with van der Waals surface area (Å²) in [6.07, 6.45) is 1.19. The number of halogens is 2. The smallest absolute Gasteiger partial charge is 0.147 e. The van der Waals surface area contributed by atoms with E-state index in [1.807, 2.05) is 22.6 Å². The molecule has 0 bridgehead atoms. The molecule has 0 aliphatic heterocycles. The van der Waals surface area contributed by atoms with Gasteiger partial charge >= 0.3 is 0 Å². The summed E-state index contributed by atoms with van der Waals surface area (Å²) in [7, 11) is 0. The molecule has 5 heteroatoms. The summed E-state index contributed by atoms with van der Waals surface area (Å²) in [5.74, 6) is -0.407. The maximum absolute atomic E-state index is 13.5.